The Kier molecular flexibility index (Phi) is 7.95. The zero-order valence-corrected chi connectivity index (χ0v) is 20.0. The van der Waals surface area contributed by atoms with Gasteiger partial charge in [-0.15, -0.1) is 0 Å². The van der Waals surface area contributed by atoms with Gasteiger partial charge in [-0.25, -0.2) is 0 Å². The SMILES string of the molecule is C[C@H](CC(=O)N1CCN(c2ccc(NC(=O)CC(C)(C)C)cc2)CC1)CC(C)(C)C. The third-order valence-electron chi connectivity index (χ3n) is 5.32. The lowest BCUT2D eigenvalue weighted by molar-refractivity contribution is -0.132. The molecule has 1 aliphatic rings. The second kappa shape index (κ2) is 9.84. The first kappa shape index (κ1) is 24.2. The normalized spacial score (nSPS) is 16.4. The van der Waals surface area contributed by atoms with Gasteiger partial charge in [-0.2, -0.15) is 0 Å². The van der Waals surface area contributed by atoms with Crippen LogP contribution in [0.1, 0.15) is 67.7 Å². The molecule has 5 nitrogen and oxygen atoms in total. The summed E-state index contributed by atoms with van der Waals surface area (Å²) in [5, 5.41) is 2.97. The minimum absolute atomic E-state index is 0.0222. The highest BCUT2D eigenvalue weighted by molar-refractivity contribution is 5.91. The number of hydrogen-bond acceptors (Lipinski definition) is 3. The first-order valence-corrected chi connectivity index (χ1v) is 11.2. The maximum absolute atomic E-state index is 12.7. The molecule has 168 valence electrons. The highest BCUT2D eigenvalue weighted by Gasteiger charge is 2.24. The van der Waals surface area contributed by atoms with Gasteiger partial charge < -0.3 is 15.1 Å². The van der Waals surface area contributed by atoms with E-state index >= 15 is 0 Å². The van der Waals surface area contributed by atoms with Crippen LogP contribution in [0.3, 0.4) is 0 Å². The van der Waals surface area contributed by atoms with E-state index in [4.69, 9.17) is 0 Å². The quantitative estimate of drug-likeness (QED) is 0.697. The molecule has 0 unspecified atom stereocenters. The lowest BCUT2D eigenvalue weighted by Gasteiger charge is -2.37. The molecule has 0 spiro atoms. The number of hydrogen-bond donors (Lipinski definition) is 1. The lowest BCUT2D eigenvalue weighted by atomic mass is 9.84. The number of nitrogens with one attached hydrogen (secondary N) is 1. The van der Waals surface area contributed by atoms with Crippen LogP contribution in [0.4, 0.5) is 11.4 Å². The van der Waals surface area contributed by atoms with Gasteiger partial charge in [0.15, 0.2) is 0 Å². The zero-order valence-electron chi connectivity index (χ0n) is 20.0. The standard InChI is InChI=1S/C25H41N3O2/c1-19(17-24(2,3)4)16-23(30)28-14-12-27(13-15-28)21-10-8-20(9-11-21)26-22(29)18-25(5,6)7/h8-11,19H,12-18H2,1-7H3,(H,26,29)/t19-/m1/s1. The highest BCUT2D eigenvalue weighted by atomic mass is 16.2. The van der Waals surface area contributed by atoms with Crippen LogP contribution in [0.2, 0.25) is 0 Å². The summed E-state index contributed by atoms with van der Waals surface area (Å²) in [7, 11) is 0. The molecule has 1 saturated heterocycles. The number of benzene rings is 1. The van der Waals surface area contributed by atoms with Crippen LogP contribution in [-0.4, -0.2) is 42.9 Å². The zero-order chi connectivity index (χ0) is 22.5. The predicted molar refractivity (Wildman–Crippen MR) is 126 cm³/mol. The van der Waals surface area contributed by atoms with E-state index < -0.39 is 0 Å². The van der Waals surface area contributed by atoms with Gasteiger partial charge in [0.25, 0.3) is 0 Å². The molecule has 1 fully saturated rings. The van der Waals surface area contributed by atoms with Crippen molar-refractivity contribution in [1.82, 2.24) is 4.90 Å². The fourth-order valence-electron chi connectivity index (χ4n) is 4.20. The highest BCUT2D eigenvalue weighted by Crippen LogP contribution is 2.27. The maximum Gasteiger partial charge on any atom is 0.224 e. The summed E-state index contributed by atoms with van der Waals surface area (Å²) in [6.07, 6.45) is 2.21. The van der Waals surface area contributed by atoms with Crippen LogP contribution >= 0.6 is 0 Å². The average Bonchev–Trinajstić information content (AvgIpc) is 2.59. The van der Waals surface area contributed by atoms with E-state index in [0.717, 1.165) is 44.0 Å². The van der Waals surface area contributed by atoms with E-state index in [2.05, 4.69) is 70.8 Å². The van der Waals surface area contributed by atoms with Crippen molar-refractivity contribution < 1.29 is 9.59 Å². The molecule has 1 atom stereocenters. The molecule has 1 N–H and O–H groups in total. The largest absolute Gasteiger partial charge is 0.368 e. The number of piperazine rings is 1. The molecule has 0 bridgehead atoms. The van der Waals surface area contributed by atoms with Gasteiger partial charge in [-0.1, -0.05) is 48.5 Å². The smallest absolute Gasteiger partial charge is 0.224 e. The first-order chi connectivity index (χ1) is 13.8. The van der Waals surface area contributed by atoms with E-state index in [0.29, 0.717) is 18.8 Å². The van der Waals surface area contributed by atoms with E-state index in [1.165, 1.54) is 0 Å². The van der Waals surface area contributed by atoms with Gasteiger partial charge >= 0.3 is 0 Å². The molecular formula is C25H41N3O2. The van der Waals surface area contributed by atoms with E-state index in [1.807, 2.05) is 17.0 Å². The topological polar surface area (TPSA) is 52.7 Å². The summed E-state index contributed by atoms with van der Waals surface area (Å²) in [5.41, 5.74) is 2.20. The number of carbonyl (C=O) groups excluding carboxylic acids is 2. The summed E-state index contributed by atoms with van der Waals surface area (Å²) >= 11 is 0. The fourth-order valence-corrected chi connectivity index (χ4v) is 4.20. The van der Waals surface area contributed by atoms with Crippen molar-refractivity contribution in [3.8, 4) is 0 Å². The summed E-state index contributed by atoms with van der Waals surface area (Å²) in [5.74, 6) is 0.739. The van der Waals surface area contributed by atoms with Crippen LogP contribution in [0.5, 0.6) is 0 Å². The molecule has 1 aromatic rings. The van der Waals surface area contributed by atoms with Gasteiger partial charge in [0.05, 0.1) is 0 Å². The van der Waals surface area contributed by atoms with Crippen molar-refractivity contribution in [2.75, 3.05) is 36.4 Å². The molecular weight excluding hydrogens is 374 g/mol. The third kappa shape index (κ3) is 8.37. The Morgan fingerprint density at radius 3 is 2.00 bits per heavy atom. The minimum atomic E-state index is -0.0222. The van der Waals surface area contributed by atoms with Gasteiger partial charge in [-0.3, -0.25) is 9.59 Å². The molecule has 1 heterocycles. The Labute approximate surface area is 183 Å². The molecule has 1 aromatic carbocycles. The third-order valence-corrected chi connectivity index (χ3v) is 5.32. The summed E-state index contributed by atoms with van der Waals surface area (Å²) in [6.45, 7) is 18.3. The average molecular weight is 416 g/mol. The molecule has 1 aliphatic heterocycles. The second-order valence-electron chi connectivity index (χ2n) is 11.3. The van der Waals surface area contributed by atoms with Gasteiger partial charge in [-0.05, 0) is 47.4 Å². The Balaban J connectivity index is 1.82. The number of anilines is 2. The van der Waals surface area contributed by atoms with Gasteiger partial charge in [0, 0.05) is 50.4 Å². The summed E-state index contributed by atoms with van der Waals surface area (Å²) in [6, 6.07) is 8.02. The number of nitrogens with zero attached hydrogens (tertiary/aromatic N) is 2. The lowest BCUT2D eigenvalue weighted by Crippen LogP contribution is -2.49. The Morgan fingerprint density at radius 2 is 1.50 bits per heavy atom. The van der Waals surface area contributed by atoms with Crippen molar-refractivity contribution in [3.05, 3.63) is 24.3 Å². The van der Waals surface area contributed by atoms with E-state index in [1.54, 1.807) is 0 Å². The van der Waals surface area contributed by atoms with Crippen molar-refractivity contribution in [1.29, 1.82) is 0 Å². The first-order valence-electron chi connectivity index (χ1n) is 11.2. The van der Waals surface area contributed by atoms with E-state index in [9.17, 15) is 9.59 Å². The van der Waals surface area contributed by atoms with Crippen LogP contribution in [0.15, 0.2) is 24.3 Å². The molecule has 2 rings (SSSR count). The predicted octanol–water partition coefficient (Wildman–Crippen LogP) is 5.17. The van der Waals surface area contributed by atoms with Crippen LogP contribution < -0.4 is 10.2 Å². The molecule has 30 heavy (non-hydrogen) atoms. The monoisotopic (exact) mass is 415 g/mol. The molecule has 0 saturated carbocycles. The molecule has 5 heteroatoms. The molecule has 0 aromatic heterocycles. The Morgan fingerprint density at radius 1 is 0.933 bits per heavy atom. The summed E-state index contributed by atoms with van der Waals surface area (Å²) in [4.78, 5) is 29.1. The second-order valence-corrected chi connectivity index (χ2v) is 11.3. The van der Waals surface area contributed by atoms with Crippen molar-refractivity contribution in [2.24, 2.45) is 16.7 Å². The number of carbonyl (C=O) groups is 2. The van der Waals surface area contributed by atoms with E-state index in [-0.39, 0.29) is 22.6 Å². The maximum atomic E-state index is 12.7. The van der Waals surface area contributed by atoms with Crippen molar-refractivity contribution >= 4 is 23.2 Å². The number of rotatable bonds is 6. The van der Waals surface area contributed by atoms with Crippen molar-refractivity contribution in [3.63, 3.8) is 0 Å². The fraction of sp³-hybridized carbons (Fsp3) is 0.680. The van der Waals surface area contributed by atoms with Gasteiger partial charge in [0.1, 0.15) is 0 Å². The summed E-state index contributed by atoms with van der Waals surface area (Å²) < 4.78 is 0. The van der Waals surface area contributed by atoms with Crippen LogP contribution in [0.25, 0.3) is 0 Å². The van der Waals surface area contributed by atoms with Crippen molar-refractivity contribution in [2.45, 2.75) is 67.7 Å². The molecule has 2 amide bonds. The minimum Gasteiger partial charge on any atom is -0.368 e. The molecule has 0 aliphatic carbocycles. The Hall–Kier alpha value is -2.04. The molecule has 0 radical (unpaired) electrons. The van der Waals surface area contributed by atoms with Crippen LogP contribution in [0, 0.1) is 16.7 Å². The van der Waals surface area contributed by atoms with Gasteiger partial charge in [0.2, 0.25) is 11.8 Å². The van der Waals surface area contributed by atoms with Crippen LogP contribution in [-0.2, 0) is 9.59 Å². The Bertz CT molecular complexity index is 705. The number of amides is 2.